The third-order valence-electron chi connectivity index (χ3n) is 5.47. The van der Waals surface area contributed by atoms with E-state index >= 15 is 0 Å². The molecule has 0 unspecified atom stereocenters. The monoisotopic (exact) mass is 442 g/mol. The van der Waals surface area contributed by atoms with Gasteiger partial charge in [-0.05, 0) is 34.9 Å². The summed E-state index contributed by atoms with van der Waals surface area (Å²) in [5.74, 6) is 0.0716. The third kappa shape index (κ3) is 4.79. The predicted octanol–water partition coefficient (Wildman–Crippen LogP) is 3.66. The van der Waals surface area contributed by atoms with Gasteiger partial charge in [-0.1, -0.05) is 60.7 Å². The number of carbonyl (C=O) groups excluding carboxylic acids is 1. The van der Waals surface area contributed by atoms with E-state index in [1.54, 1.807) is 12.1 Å². The first-order valence-corrected chi connectivity index (χ1v) is 10.6. The molecule has 33 heavy (non-hydrogen) atoms. The van der Waals surface area contributed by atoms with Crippen molar-refractivity contribution in [1.29, 1.82) is 0 Å². The van der Waals surface area contributed by atoms with Gasteiger partial charge in [0, 0.05) is 6.54 Å². The number of aromatic amines is 1. The number of amides is 1. The maximum Gasteiger partial charge on any atom is 0.255 e. The van der Waals surface area contributed by atoms with Crippen molar-refractivity contribution in [3.63, 3.8) is 0 Å². The summed E-state index contributed by atoms with van der Waals surface area (Å²) in [4.78, 5) is 13.1. The van der Waals surface area contributed by atoms with E-state index < -0.39 is 6.04 Å². The van der Waals surface area contributed by atoms with Crippen LogP contribution in [0.5, 0.6) is 5.75 Å². The summed E-state index contributed by atoms with van der Waals surface area (Å²) >= 11 is 0. The second-order valence-corrected chi connectivity index (χ2v) is 7.58. The maximum atomic E-state index is 13.1. The van der Waals surface area contributed by atoms with Gasteiger partial charge < -0.3 is 20.9 Å². The van der Waals surface area contributed by atoms with Crippen LogP contribution in [-0.2, 0) is 6.54 Å². The predicted molar refractivity (Wildman–Crippen MR) is 130 cm³/mol. The number of nitrogens with two attached hydrogens (primary N) is 1. The number of H-pyrrole nitrogens is 1. The molecule has 4 rings (SSSR count). The fraction of sp³-hybridized carbons (Fsp3) is 0.154. The number of fused-ring (bicyclic) bond motifs is 1. The van der Waals surface area contributed by atoms with Crippen LogP contribution >= 0.6 is 0 Å². The number of rotatable bonds is 8. The number of hydrogen-bond acceptors (Lipinski definition) is 5. The fourth-order valence-corrected chi connectivity index (χ4v) is 3.77. The molecule has 1 amide bonds. The first-order chi connectivity index (χ1) is 16.1. The lowest BCUT2D eigenvalue weighted by molar-refractivity contribution is 0.0913. The van der Waals surface area contributed by atoms with E-state index in [1.807, 2.05) is 66.7 Å². The molecule has 4 aromatic rings. The van der Waals surface area contributed by atoms with Crippen molar-refractivity contribution in [3.05, 3.63) is 94.7 Å². The molecule has 0 aliphatic heterocycles. The van der Waals surface area contributed by atoms with Crippen LogP contribution in [-0.4, -0.2) is 34.9 Å². The van der Waals surface area contributed by atoms with E-state index in [4.69, 9.17) is 10.5 Å². The van der Waals surface area contributed by atoms with Crippen molar-refractivity contribution in [2.45, 2.75) is 12.6 Å². The highest BCUT2D eigenvalue weighted by Crippen LogP contribution is 2.32. The molecule has 1 aromatic heterocycles. The Morgan fingerprint density at radius 3 is 2.70 bits per heavy atom. The Balaban J connectivity index is 1.67. The Morgan fingerprint density at radius 2 is 1.97 bits per heavy atom. The van der Waals surface area contributed by atoms with Gasteiger partial charge in [0.25, 0.3) is 5.91 Å². The van der Waals surface area contributed by atoms with Crippen molar-refractivity contribution >= 4 is 29.0 Å². The number of carbonyl (C=O) groups is 1. The molecule has 0 aliphatic rings. The van der Waals surface area contributed by atoms with Crippen LogP contribution in [0.1, 0.15) is 38.8 Å². The highest BCUT2D eigenvalue weighted by atomic mass is 16.5. The van der Waals surface area contributed by atoms with E-state index in [2.05, 4.69) is 15.5 Å². The topological polar surface area (TPSA) is 113 Å². The lowest BCUT2D eigenvalue weighted by atomic mass is 10.0. The highest BCUT2D eigenvalue weighted by molar-refractivity contribution is 6.05. The molecule has 0 bridgehead atoms. The maximum absolute atomic E-state index is 13.1. The quantitative estimate of drug-likeness (QED) is 0.333. The van der Waals surface area contributed by atoms with Gasteiger partial charge >= 0.3 is 0 Å². The number of aliphatic hydroxyl groups excluding tert-OH is 1. The van der Waals surface area contributed by atoms with E-state index in [-0.39, 0.29) is 12.5 Å². The summed E-state index contributed by atoms with van der Waals surface area (Å²) in [6, 6.07) is 20.2. The molecule has 0 radical (unpaired) electrons. The molecular formula is C26H26N4O3. The number of ether oxygens (including phenoxy) is 1. The Hall–Kier alpha value is -3.94. The number of hydrogen-bond donors (Lipinski definition) is 4. The summed E-state index contributed by atoms with van der Waals surface area (Å²) in [6.45, 7) is 0.251. The average Bonchev–Trinajstić information content (AvgIpc) is 3.29. The largest absolute Gasteiger partial charge is 0.495 e. The van der Waals surface area contributed by atoms with Gasteiger partial charge in [-0.2, -0.15) is 5.10 Å². The summed E-state index contributed by atoms with van der Waals surface area (Å²) in [5.41, 5.74) is 10.4. The van der Waals surface area contributed by atoms with Gasteiger partial charge in [0.05, 0.1) is 41.9 Å². The minimum Gasteiger partial charge on any atom is -0.495 e. The molecule has 7 heteroatoms. The molecule has 0 saturated carbocycles. The number of aliphatic hydroxyl groups is 1. The summed E-state index contributed by atoms with van der Waals surface area (Å²) in [6.07, 6.45) is 3.85. The normalized spacial score (nSPS) is 12.2. The van der Waals surface area contributed by atoms with Crippen LogP contribution in [0.2, 0.25) is 0 Å². The Bertz CT molecular complexity index is 1280. The molecular weight excluding hydrogens is 416 g/mol. The van der Waals surface area contributed by atoms with E-state index in [0.29, 0.717) is 28.8 Å². The van der Waals surface area contributed by atoms with Gasteiger partial charge in [-0.25, -0.2) is 0 Å². The van der Waals surface area contributed by atoms with Crippen molar-refractivity contribution in [3.8, 4) is 5.75 Å². The number of benzene rings is 3. The molecule has 0 spiro atoms. The van der Waals surface area contributed by atoms with Crippen LogP contribution in [0.4, 0.5) is 0 Å². The molecule has 1 atom stereocenters. The first kappa shape index (κ1) is 22.3. The standard InChI is InChI=1S/C26H26N4O3/c1-33-25-20(26(32)28-23(16-31)19-8-3-2-4-9-19)11-13-22-24(25)21(29-30-22)12-10-17-6-5-7-18(14-17)15-27/h2-14,23,31H,15-16,27H2,1H3,(H,28,32)(H,29,30)/t23-/m1/s1. The fourth-order valence-electron chi connectivity index (χ4n) is 3.77. The van der Waals surface area contributed by atoms with Gasteiger partial charge in [-0.3, -0.25) is 9.89 Å². The zero-order valence-electron chi connectivity index (χ0n) is 18.3. The van der Waals surface area contributed by atoms with Crippen molar-refractivity contribution in [2.75, 3.05) is 13.7 Å². The van der Waals surface area contributed by atoms with Crippen molar-refractivity contribution in [2.24, 2.45) is 5.73 Å². The molecule has 0 saturated heterocycles. The SMILES string of the molecule is COc1c(C(=O)N[C@H](CO)c2ccccc2)ccc2n[nH]c(C=Cc3cccc(CN)c3)c12. The van der Waals surface area contributed by atoms with Crippen LogP contribution in [0.25, 0.3) is 23.1 Å². The average molecular weight is 443 g/mol. The Morgan fingerprint density at radius 1 is 1.15 bits per heavy atom. The van der Waals surface area contributed by atoms with Crippen LogP contribution < -0.4 is 15.8 Å². The lowest BCUT2D eigenvalue weighted by Crippen LogP contribution is -2.31. The van der Waals surface area contributed by atoms with Gasteiger partial charge in [0.1, 0.15) is 5.75 Å². The number of methoxy groups -OCH3 is 1. The minimum atomic E-state index is -0.530. The first-order valence-electron chi connectivity index (χ1n) is 10.6. The lowest BCUT2D eigenvalue weighted by Gasteiger charge is -2.18. The smallest absolute Gasteiger partial charge is 0.255 e. The third-order valence-corrected chi connectivity index (χ3v) is 5.47. The summed E-state index contributed by atoms with van der Waals surface area (Å²) < 4.78 is 5.65. The Kier molecular flexibility index (Phi) is 6.83. The minimum absolute atomic E-state index is 0.220. The van der Waals surface area contributed by atoms with E-state index in [1.165, 1.54) is 7.11 Å². The molecule has 0 aliphatic carbocycles. The van der Waals surface area contributed by atoms with Crippen molar-refractivity contribution in [1.82, 2.24) is 15.5 Å². The molecule has 5 N–H and O–H groups in total. The van der Waals surface area contributed by atoms with Crippen LogP contribution in [0.3, 0.4) is 0 Å². The molecule has 3 aromatic carbocycles. The molecule has 168 valence electrons. The highest BCUT2D eigenvalue weighted by Gasteiger charge is 2.21. The van der Waals surface area contributed by atoms with Crippen molar-refractivity contribution < 1.29 is 14.6 Å². The molecule has 0 fully saturated rings. The zero-order chi connectivity index (χ0) is 23.2. The van der Waals surface area contributed by atoms with E-state index in [0.717, 1.165) is 22.4 Å². The van der Waals surface area contributed by atoms with Crippen LogP contribution in [0.15, 0.2) is 66.7 Å². The van der Waals surface area contributed by atoms with Gasteiger partial charge in [0.2, 0.25) is 0 Å². The number of nitrogens with zero attached hydrogens (tertiary/aromatic N) is 1. The van der Waals surface area contributed by atoms with E-state index in [9.17, 15) is 9.90 Å². The zero-order valence-corrected chi connectivity index (χ0v) is 18.3. The second kappa shape index (κ2) is 10.1. The summed E-state index contributed by atoms with van der Waals surface area (Å²) in [7, 11) is 1.53. The van der Waals surface area contributed by atoms with Crippen LogP contribution in [0, 0.1) is 0 Å². The van der Waals surface area contributed by atoms with Gasteiger partial charge in [-0.15, -0.1) is 0 Å². The Labute approximate surface area is 191 Å². The summed E-state index contributed by atoms with van der Waals surface area (Å²) in [5, 5.41) is 20.8. The number of nitrogens with one attached hydrogen (secondary N) is 2. The molecule has 7 nitrogen and oxygen atoms in total. The number of aromatic nitrogens is 2. The molecule has 1 heterocycles. The van der Waals surface area contributed by atoms with Gasteiger partial charge in [0.15, 0.2) is 0 Å². The second-order valence-electron chi connectivity index (χ2n) is 7.58.